The molecule has 1 fully saturated rings. The lowest BCUT2D eigenvalue weighted by atomic mass is 9.92. The molecule has 3 aromatic rings. The number of aromatic nitrogens is 1. The van der Waals surface area contributed by atoms with E-state index in [1.165, 1.54) is 6.20 Å². The number of pyridine rings is 1. The van der Waals surface area contributed by atoms with Gasteiger partial charge in [-0.05, 0) is 86.2 Å². The van der Waals surface area contributed by atoms with Crippen molar-refractivity contribution in [3.8, 4) is 29.4 Å². The number of β-amino-alcohol motifs (C(OH)–C–C–N with tert-alkyl or cyclic N) is 1. The molecule has 0 spiro atoms. The van der Waals surface area contributed by atoms with Crippen molar-refractivity contribution in [2.45, 2.75) is 78.4 Å². The summed E-state index contributed by atoms with van der Waals surface area (Å²) in [6.45, 7) is 9.76. The smallest absolute Gasteiger partial charge is 0.320 e. The fraction of sp³-hybridized carbons (Fsp3) is 0.405. The number of carboxylic acid groups (broad SMARTS) is 1. The summed E-state index contributed by atoms with van der Waals surface area (Å²) in [7, 11) is 1.75. The molecule has 2 aromatic carbocycles. The molecule has 5 rings (SSSR count). The zero-order valence-electron chi connectivity index (χ0n) is 30.8. The molecular weight excluding hydrogens is 692 g/mol. The summed E-state index contributed by atoms with van der Waals surface area (Å²) in [6, 6.07) is 12.7. The lowest BCUT2D eigenvalue weighted by Crippen LogP contribution is -2.37. The number of hydrogen-bond donors (Lipinski definition) is 2. The fourth-order valence-corrected chi connectivity index (χ4v) is 6.90. The maximum Gasteiger partial charge on any atom is 0.320 e. The molecule has 10 nitrogen and oxygen atoms in total. The number of allylic oxidation sites excluding steroid dienone is 4. The van der Waals surface area contributed by atoms with Crippen molar-refractivity contribution in [3.63, 3.8) is 0 Å². The number of nitriles is 1. The van der Waals surface area contributed by atoms with E-state index in [-0.39, 0.29) is 25.9 Å². The van der Waals surface area contributed by atoms with Gasteiger partial charge in [-0.3, -0.25) is 14.7 Å². The topological polar surface area (TPSA) is 128 Å². The largest absolute Gasteiger partial charge is 0.497 e. The Kier molecular flexibility index (Phi) is 13.9. The molecule has 11 heteroatoms. The molecule has 1 aliphatic heterocycles. The van der Waals surface area contributed by atoms with Crippen LogP contribution in [0.4, 0.5) is 0 Å². The Hall–Kier alpha value is -4.84. The van der Waals surface area contributed by atoms with Crippen molar-refractivity contribution < 1.29 is 29.2 Å². The number of likely N-dealkylation sites (tertiary alicyclic amines) is 1. The third-order valence-electron chi connectivity index (χ3n) is 9.71. The van der Waals surface area contributed by atoms with Crippen molar-refractivity contribution in [1.82, 2.24) is 14.8 Å². The van der Waals surface area contributed by atoms with Crippen LogP contribution in [-0.4, -0.2) is 76.4 Å². The standard InChI is InChI=1S/C42H47ClN4O6/c1-5-38(42(49)50)46(4)24-33-19-37(43)41(20-40(33)52-26-31-18-30(21-44)22-45-23-31)53-27-32-10-8-12-35(28(32)2)36-11-6-7-13-39(29(36)3)51-17-9-15-47-16-14-34(48)25-47/h8,10-12,18-20,22-23,34,38,48H,5,9,13-17,24-27H2,1-4H3,(H,49,50)/t34-,38+/m1/s1. The quantitative estimate of drug-likeness (QED) is 0.111. The zero-order chi connectivity index (χ0) is 37.9. The van der Waals surface area contributed by atoms with Crippen LogP contribution in [0.3, 0.4) is 0 Å². The van der Waals surface area contributed by atoms with Gasteiger partial charge in [0.1, 0.15) is 42.6 Å². The first-order valence-corrected chi connectivity index (χ1v) is 18.3. The number of aliphatic hydroxyl groups is 1. The van der Waals surface area contributed by atoms with Crippen LogP contribution in [0.25, 0.3) is 5.57 Å². The van der Waals surface area contributed by atoms with Gasteiger partial charge in [0.15, 0.2) is 0 Å². The summed E-state index contributed by atoms with van der Waals surface area (Å²) in [5.41, 5.74) is 6.93. The molecule has 2 heterocycles. The number of halogens is 1. The first-order valence-electron chi connectivity index (χ1n) is 17.9. The van der Waals surface area contributed by atoms with Crippen LogP contribution in [0.5, 0.6) is 11.5 Å². The molecule has 2 atom stereocenters. The highest BCUT2D eigenvalue weighted by atomic mass is 35.5. The lowest BCUT2D eigenvalue weighted by molar-refractivity contribution is -0.143. The molecular formula is C42H47ClN4O6. The molecule has 1 aliphatic carbocycles. The van der Waals surface area contributed by atoms with E-state index in [0.29, 0.717) is 52.7 Å². The first-order chi connectivity index (χ1) is 25.6. The molecule has 2 aliphatic rings. The second-order valence-electron chi connectivity index (χ2n) is 13.5. The SMILES string of the molecule is CC[C@@H](C(=O)O)N(C)Cc1cc(Cl)c(OCc2cccc(C3=CC#CCC(OCCCN4CC[C@@H](O)C4)=C3C)c2C)cc1OCc1cncc(C#N)c1. The van der Waals surface area contributed by atoms with Gasteiger partial charge in [-0.1, -0.05) is 48.6 Å². The summed E-state index contributed by atoms with van der Waals surface area (Å²) >= 11 is 6.81. The van der Waals surface area contributed by atoms with Gasteiger partial charge in [0, 0.05) is 55.8 Å². The van der Waals surface area contributed by atoms with E-state index in [9.17, 15) is 20.3 Å². The number of likely N-dealkylation sites (N-methyl/N-ethyl adjacent to an activating group) is 1. The third-order valence-corrected chi connectivity index (χ3v) is 10.0. The highest BCUT2D eigenvalue weighted by Gasteiger charge is 2.24. The Labute approximate surface area is 317 Å². The molecule has 1 aromatic heterocycles. The van der Waals surface area contributed by atoms with E-state index < -0.39 is 12.0 Å². The molecule has 2 N–H and O–H groups in total. The number of aliphatic hydroxyl groups excluding tert-OH is 1. The van der Waals surface area contributed by atoms with Crippen LogP contribution >= 0.6 is 11.6 Å². The van der Waals surface area contributed by atoms with Crippen molar-refractivity contribution in [2.75, 3.05) is 33.3 Å². The fourth-order valence-electron chi connectivity index (χ4n) is 6.66. The summed E-state index contributed by atoms with van der Waals surface area (Å²) < 4.78 is 18.9. The van der Waals surface area contributed by atoms with Gasteiger partial charge in [-0.25, -0.2) is 0 Å². The second-order valence-corrected chi connectivity index (χ2v) is 13.9. The Morgan fingerprint density at radius 1 is 1.15 bits per heavy atom. The van der Waals surface area contributed by atoms with E-state index in [4.69, 9.17) is 25.8 Å². The predicted molar refractivity (Wildman–Crippen MR) is 204 cm³/mol. The number of carbonyl (C=O) groups is 1. The maximum atomic E-state index is 11.9. The van der Waals surface area contributed by atoms with Crippen molar-refractivity contribution in [2.24, 2.45) is 0 Å². The number of ether oxygens (including phenoxy) is 3. The molecule has 53 heavy (non-hydrogen) atoms. The van der Waals surface area contributed by atoms with Gasteiger partial charge in [0.2, 0.25) is 0 Å². The Bertz CT molecular complexity index is 1960. The van der Waals surface area contributed by atoms with Crippen molar-refractivity contribution in [1.29, 1.82) is 5.26 Å². The minimum absolute atomic E-state index is 0.136. The van der Waals surface area contributed by atoms with E-state index >= 15 is 0 Å². The normalized spacial score (nSPS) is 16.3. The van der Waals surface area contributed by atoms with Gasteiger partial charge >= 0.3 is 5.97 Å². The van der Waals surface area contributed by atoms with E-state index in [1.807, 2.05) is 25.1 Å². The zero-order valence-corrected chi connectivity index (χ0v) is 31.6. The number of carboxylic acids is 1. The minimum Gasteiger partial charge on any atom is -0.497 e. The van der Waals surface area contributed by atoms with Gasteiger partial charge in [-0.2, -0.15) is 5.26 Å². The van der Waals surface area contributed by atoms with Crippen LogP contribution < -0.4 is 9.47 Å². The number of rotatable bonds is 17. The maximum absolute atomic E-state index is 11.9. The highest BCUT2D eigenvalue weighted by Crippen LogP contribution is 2.36. The number of nitrogens with zero attached hydrogens (tertiary/aromatic N) is 4. The lowest BCUT2D eigenvalue weighted by Gasteiger charge is -2.25. The van der Waals surface area contributed by atoms with Crippen LogP contribution in [0.2, 0.25) is 5.02 Å². The summed E-state index contributed by atoms with van der Waals surface area (Å²) in [5.74, 6) is 7.27. The van der Waals surface area contributed by atoms with Crippen LogP contribution in [0, 0.1) is 30.1 Å². The average molecular weight is 739 g/mol. The number of hydrogen-bond acceptors (Lipinski definition) is 9. The van der Waals surface area contributed by atoms with Crippen LogP contribution in [-0.2, 0) is 29.3 Å². The number of aliphatic carboxylic acids is 1. The molecule has 0 unspecified atom stereocenters. The highest BCUT2D eigenvalue weighted by molar-refractivity contribution is 6.32. The van der Waals surface area contributed by atoms with E-state index in [0.717, 1.165) is 66.1 Å². The first kappa shape index (κ1) is 39.4. The van der Waals surface area contributed by atoms with Gasteiger partial charge in [0.05, 0.1) is 29.7 Å². The minimum atomic E-state index is -0.906. The second kappa shape index (κ2) is 18.8. The molecule has 0 saturated carbocycles. The third kappa shape index (κ3) is 10.4. The van der Waals surface area contributed by atoms with Crippen molar-refractivity contribution in [3.05, 3.63) is 105 Å². The van der Waals surface area contributed by atoms with Crippen LogP contribution in [0.15, 0.2) is 66.2 Å². The molecule has 278 valence electrons. The van der Waals surface area contributed by atoms with Gasteiger partial charge in [0.25, 0.3) is 0 Å². The molecule has 0 amide bonds. The molecule has 0 bridgehead atoms. The average Bonchev–Trinajstić information content (AvgIpc) is 3.47. The van der Waals surface area contributed by atoms with E-state index in [1.54, 1.807) is 36.3 Å². The van der Waals surface area contributed by atoms with E-state index in [2.05, 4.69) is 47.7 Å². The summed E-state index contributed by atoms with van der Waals surface area (Å²) in [6.07, 6.45) is 7.54. The Morgan fingerprint density at radius 2 is 1.96 bits per heavy atom. The van der Waals surface area contributed by atoms with Gasteiger partial charge in [-0.15, -0.1) is 0 Å². The summed E-state index contributed by atoms with van der Waals surface area (Å²) in [4.78, 5) is 20.0. The summed E-state index contributed by atoms with van der Waals surface area (Å²) in [5, 5.41) is 29.2. The Balaban J connectivity index is 1.33. The van der Waals surface area contributed by atoms with Crippen molar-refractivity contribution >= 4 is 23.1 Å². The molecule has 0 radical (unpaired) electrons. The van der Waals surface area contributed by atoms with Gasteiger partial charge < -0.3 is 29.3 Å². The Morgan fingerprint density at radius 3 is 2.70 bits per heavy atom. The monoisotopic (exact) mass is 738 g/mol. The predicted octanol–water partition coefficient (Wildman–Crippen LogP) is 6.91. The molecule has 1 saturated heterocycles. The number of benzene rings is 2. The van der Waals surface area contributed by atoms with Crippen LogP contribution in [0.1, 0.15) is 72.9 Å².